The van der Waals surface area contributed by atoms with Crippen molar-refractivity contribution in [3.8, 4) is 0 Å². The molecule has 6 heteroatoms. The molecule has 0 unspecified atom stereocenters. The average molecular weight is 318 g/mol. The van der Waals surface area contributed by atoms with Gasteiger partial charge in [-0.2, -0.15) is 4.37 Å². The third kappa shape index (κ3) is 3.56. The van der Waals surface area contributed by atoms with E-state index >= 15 is 0 Å². The second kappa shape index (κ2) is 7.07. The number of hydrogen-bond donors (Lipinski definition) is 0. The van der Waals surface area contributed by atoms with Crippen LogP contribution >= 0.6 is 11.5 Å². The highest BCUT2D eigenvalue weighted by atomic mass is 32.1. The fourth-order valence-electron chi connectivity index (χ4n) is 2.65. The summed E-state index contributed by atoms with van der Waals surface area (Å²) in [5, 5.41) is 1.04. The van der Waals surface area contributed by atoms with Crippen LogP contribution in [0.1, 0.15) is 11.4 Å². The Bertz CT molecular complexity index is 608. The smallest absolute Gasteiger partial charge is 0.205 e. The molecule has 0 bridgehead atoms. The summed E-state index contributed by atoms with van der Waals surface area (Å²) in [4.78, 5) is 9.39. The molecule has 5 nitrogen and oxygen atoms in total. The van der Waals surface area contributed by atoms with Crippen LogP contribution in [0.25, 0.3) is 0 Å². The fraction of sp³-hybridized carbons (Fsp3) is 0.500. The molecule has 0 N–H and O–H groups in total. The van der Waals surface area contributed by atoms with Crippen LogP contribution in [-0.2, 0) is 11.2 Å². The Labute approximate surface area is 135 Å². The Morgan fingerprint density at radius 3 is 2.68 bits per heavy atom. The van der Waals surface area contributed by atoms with E-state index in [1.54, 1.807) is 7.11 Å². The van der Waals surface area contributed by atoms with E-state index in [1.165, 1.54) is 22.8 Å². The second-order valence-electron chi connectivity index (χ2n) is 5.55. The van der Waals surface area contributed by atoms with Gasteiger partial charge in [-0.3, -0.25) is 0 Å². The molecule has 2 heterocycles. The molecule has 0 atom stereocenters. The molecule has 2 aromatic rings. The van der Waals surface area contributed by atoms with Crippen molar-refractivity contribution >= 4 is 22.4 Å². The van der Waals surface area contributed by atoms with Crippen molar-refractivity contribution in [2.75, 3.05) is 49.7 Å². The zero-order chi connectivity index (χ0) is 15.4. The first kappa shape index (κ1) is 15.2. The maximum Gasteiger partial charge on any atom is 0.205 e. The number of ether oxygens (including phenoxy) is 1. The van der Waals surface area contributed by atoms with Gasteiger partial charge in [0.1, 0.15) is 5.82 Å². The summed E-state index contributed by atoms with van der Waals surface area (Å²) in [6.45, 7) is 6.85. The van der Waals surface area contributed by atoms with Crippen LogP contribution < -0.4 is 9.80 Å². The summed E-state index contributed by atoms with van der Waals surface area (Å²) >= 11 is 1.50. The van der Waals surface area contributed by atoms with Crippen molar-refractivity contribution in [1.82, 2.24) is 9.36 Å². The molecular weight excluding hydrogens is 296 g/mol. The zero-order valence-electron chi connectivity index (χ0n) is 13.2. The highest BCUT2D eigenvalue weighted by Crippen LogP contribution is 2.22. The second-order valence-corrected chi connectivity index (χ2v) is 6.28. The summed E-state index contributed by atoms with van der Waals surface area (Å²) in [6.07, 6.45) is 0.788. The van der Waals surface area contributed by atoms with E-state index in [4.69, 9.17) is 4.74 Å². The summed E-state index contributed by atoms with van der Waals surface area (Å²) in [5.41, 5.74) is 2.63. The Morgan fingerprint density at radius 1 is 1.18 bits per heavy atom. The minimum atomic E-state index is 0.678. The molecule has 22 heavy (non-hydrogen) atoms. The Hall–Kier alpha value is -1.66. The van der Waals surface area contributed by atoms with Crippen molar-refractivity contribution in [2.45, 2.75) is 13.3 Å². The van der Waals surface area contributed by atoms with Crippen LogP contribution in [0.5, 0.6) is 0 Å². The molecule has 0 amide bonds. The van der Waals surface area contributed by atoms with Gasteiger partial charge < -0.3 is 14.5 Å². The molecule has 3 rings (SSSR count). The molecule has 1 aromatic carbocycles. The Balaban J connectivity index is 1.58. The first-order valence-electron chi connectivity index (χ1n) is 7.64. The maximum absolute atomic E-state index is 5.08. The molecule has 1 aliphatic rings. The first-order chi connectivity index (χ1) is 10.8. The van der Waals surface area contributed by atoms with Gasteiger partial charge in [0.05, 0.1) is 6.61 Å². The predicted molar refractivity (Wildman–Crippen MR) is 91.1 cm³/mol. The number of nitrogens with zero attached hydrogens (tertiary/aromatic N) is 4. The van der Waals surface area contributed by atoms with Crippen LogP contribution in [0.3, 0.4) is 0 Å². The first-order valence-corrected chi connectivity index (χ1v) is 8.41. The molecular formula is C16H22N4OS. The number of hydrogen-bond acceptors (Lipinski definition) is 6. The summed E-state index contributed by atoms with van der Waals surface area (Å²) in [5.74, 6) is 0.892. The van der Waals surface area contributed by atoms with E-state index in [9.17, 15) is 0 Å². The van der Waals surface area contributed by atoms with E-state index in [1.807, 2.05) is 0 Å². The molecule has 1 saturated heterocycles. The van der Waals surface area contributed by atoms with Crippen LogP contribution in [0.2, 0.25) is 0 Å². The summed E-state index contributed by atoms with van der Waals surface area (Å²) in [7, 11) is 1.71. The minimum absolute atomic E-state index is 0.678. The largest absolute Gasteiger partial charge is 0.384 e. The standard InChI is InChI=1S/C16H22N4OS/c1-13-4-3-5-14(12-13)19-7-9-20(10-8-19)16-17-15(18-22-16)6-11-21-2/h3-5,12H,6-11H2,1-2H3. The van der Waals surface area contributed by atoms with Crippen molar-refractivity contribution in [1.29, 1.82) is 0 Å². The lowest BCUT2D eigenvalue weighted by Crippen LogP contribution is -2.46. The van der Waals surface area contributed by atoms with E-state index in [0.717, 1.165) is 43.6 Å². The average Bonchev–Trinajstić information content (AvgIpc) is 3.02. The fourth-order valence-corrected chi connectivity index (χ4v) is 3.41. The van der Waals surface area contributed by atoms with Crippen molar-refractivity contribution < 1.29 is 4.74 Å². The minimum Gasteiger partial charge on any atom is -0.384 e. The summed E-state index contributed by atoms with van der Waals surface area (Å²) < 4.78 is 9.49. The lowest BCUT2D eigenvalue weighted by molar-refractivity contribution is 0.201. The molecule has 1 aromatic heterocycles. The summed E-state index contributed by atoms with van der Waals surface area (Å²) in [6, 6.07) is 8.71. The number of methoxy groups -OCH3 is 1. The Morgan fingerprint density at radius 2 is 1.95 bits per heavy atom. The van der Waals surface area contributed by atoms with Gasteiger partial charge >= 0.3 is 0 Å². The number of rotatable bonds is 5. The zero-order valence-corrected chi connectivity index (χ0v) is 14.0. The van der Waals surface area contributed by atoms with Crippen LogP contribution in [0.4, 0.5) is 10.8 Å². The highest BCUT2D eigenvalue weighted by molar-refractivity contribution is 7.09. The number of piperazine rings is 1. The molecule has 0 spiro atoms. The lowest BCUT2D eigenvalue weighted by Gasteiger charge is -2.35. The number of aryl methyl sites for hydroxylation is 1. The quantitative estimate of drug-likeness (QED) is 0.846. The van der Waals surface area contributed by atoms with Crippen LogP contribution in [-0.4, -0.2) is 49.3 Å². The van der Waals surface area contributed by atoms with E-state index < -0.39 is 0 Å². The van der Waals surface area contributed by atoms with Crippen molar-refractivity contribution in [2.24, 2.45) is 0 Å². The van der Waals surface area contributed by atoms with Crippen molar-refractivity contribution in [3.63, 3.8) is 0 Å². The van der Waals surface area contributed by atoms with Gasteiger partial charge in [-0.15, -0.1) is 0 Å². The third-order valence-electron chi connectivity index (χ3n) is 3.90. The number of benzene rings is 1. The van der Waals surface area contributed by atoms with Gasteiger partial charge in [0.25, 0.3) is 0 Å². The molecule has 118 valence electrons. The third-order valence-corrected chi connectivity index (χ3v) is 4.72. The van der Waals surface area contributed by atoms with Crippen molar-refractivity contribution in [3.05, 3.63) is 35.7 Å². The topological polar surface area (TPSA) is 41.5 Å². The maximum atomic E-state index is 5.08. The van der Waals surface area contributed by atoms with Gasteiger partial charge in [0.2, 0.25) is 5.13 Å². The molecule has 1 fully saturated rings. The van der Waals surface area contributed by atoms with Crippen LogP contribution in [0, 0.1) is 6.92 Å². The van der Waals surface area contributed by atoms with Crippen LogP contribution in [0.15, 0.2) is 24.3 Å². The number of aromatic nitrogens is 2. The van der Waals surface area contributed by atoms with E-state index in [0.29, 0.717) is 6.61 Å². The van der Waals surface area contributed by atoms with Gasteiger partial charge in [0.15, 0.2) is 0 Å². The SMILES string of the molecule is COCCc1nsc(N2CCN(c3cccc(C)c3)CC2)n1. The van der Waals surface area contributed by atoms with Gasteiger partial charge in [-0.25, -0.2) is 4.98 Å². The van der Waals surface area contributed by atoms with Gasteiger partial charge in [-0.05, 0) is 24.6 Å². The Kier molecular flexibility index (Phi) is 4.90. The van der Waals surface area contributed by atoms with E-state index in [2.05, 4.69) is 50.3 Å². The van der Waals surface area contributed by atoms with E-state index in [-0.39, 0.29) is 0 Å². The molecule has 1 aliphatic heterocycles. The number of anilines is 2. The monoisotopic (exact) mass is 318 g/mol. The molecule has 0 saturated carbocycles. The van der Waals surface area contributed by atoms with Gasteiger partial charge in [-0.1, -0.05) is 12.1 Å². The lowest BCUT2D eigenvalue weighted by atomic mass is 10.2. The normalized spacial score (nSPS) is 15.4. The molecule has 0 radical (unpaired) electrons. The predicted octanol–water partition coefficient (Wildman–Crippen LogP) is 2.36. The molecule has 0 aliphatic carbocycles. The van der Waals surface area contributed by atoms with Gasteiger partial charge in [0, 0.05) is 56.9 Å². The highest BCUT2D eigenvalue weighted by Gasteiger charge is 2.20.